The molecule has 1 aromatic carbocycles. The SMILES string of the molecule is COc1ccc(CN(C)CC2(O)CCCN(C(=O)c3ccc(=O)[nH]n3)CC2)cc1. The number of nitrogens with zero attached hydrogens (tertiary/aromatic N) is 3. The fourth-order valence-electron chi connectivity index (χ4n) is 3.77. The van der Waals surface area contributed by atoms with Crippen LogP contribution in [0.2, 0.25) is 0 Å². The molecule has 1 saturated heterocycles. The number of aliphatic hydroxyl groups is 1. The molecule has 29 heavy (non-hydrogen) atoms. The van der Waals surface area contributed by atoms with E-state index in [2.05, 4.69) is 15.1 Å². The van der Waals surface area contributed by atoms with E-state index in [1.807, 2.05) is 31.3 Å². The number of carbonyl (C=O) groups is 1. The Hall–Kier alpha value is -2.71. The summed E-state index contributed by atoms with van der Waals surface area (Å²) in [7, 11) is 3.63. The number of likely N-dealkylation sites (tertiary alicyclic amines) is 1. The second-order valence-electron chi connectivity index (χ2n) is 7.70. The van der Waals surface area contributed by atoms with E-state index in [-0.39, 0.29) is 17.2 Å². The molecule has 0 aliphatic carbocycles. The zero-order valence-corrected chi connectivity index (χ0v) is 16.9. The molecule has 1 unspecified atom stereocenters. The van der Waals surface area contributed by atoms with Gasteiger partial charge in [-0.2, -0.15) is 5.10 Å². The van der Waals surface area contributed by atoms with Crippen LogP contribution in [0.5, 0.6) is 5.75 Å². The Bertz CT molecular complexity index is 862. The average Bonchev–Trinajstić information content (AvgIpc) is 2.90. The van der Waals surface area contributed by atoms with E-state index in [4.69, 9.17) is 4.74 Å². The number of H-pyrrole nitrogens is 1. The Morgan fingerprint density at radius 2 is 2.00 bits per heavy atom. The second-order valence-corrected chi connectivity index (χ2v) is 7.70. The van der Waals surface area contributed by atoms with Crippen LogP contribution < -0.4 is 10.3 Å². The van der Waals surface area contributed by atoms with Gasteiger partial charge < -0.3 is 14.7 Å². The van der Waals surface area contributed by atoms with Gasteiger partial charge in [0.2, 0.25) is 0 Å². The summed E-state index contributed by atoms with van der Waals surface area (Å²) < 4.78 is 5.19. The van der Waals surface area contributed by atoms with E-state index < -0.39 is 5.60 Å². The van der Waals surface area contributed by atoms with E-state index in [1.54, 1.807) is 12.0 Å². The summed E-state index contributed by atoms with van der Waals surface area (Å²) in [5, 5.41) is 17.2. The minimum Gasteiger partial charge on any atom is -0.497 e. The van der Waals surface area contributed by atoms with Crippen molar-refractivity contribution in [2.24, 2.45) is 0 Å². The molecule has 0 bridgehead atoms. The van der Waals surface area contributed by atoms with Gasteiger partial charge >= 0.3 is 0 Å². The van der Waals surface area contributed by atoms with Crippen LogP contribution in [-0.4, -0.2) is 70.4 Å². The Kier molecular flexibility index (Phi) is 6.66. The number of aromatic amines is 1. The minimum atomic E-state index is -0.853. The van der Waals surface area contributed by atoms with Gasteiger partial charge in [-0.25, -0.2) is 5.10 Å². The zero-order valence-electron chi connectivity index (χ0n) is 16.9. The molecular weight excluding hydrogens is 372 g/mol. The molecule has 1 amide bonds. The van der Waals surface area contributed by atoms with Crippen molar-refractivity contribution in [1.29, 1.82) is 0 Å². The molecule has 1 aliphatic heterocycles. The lowest BCUT2D eigenvalue weighted by Crippen LogP contribution is -2.42. The predicted molar refractivity (Wildman–Crippen MR) is 109 cm³/mol. The lowest BCUT2D eigenvalue weighted by molar-refractivity contribution is -0.00402. The largest absolute Gasteiger partial charge is 0.497 e. The summed E-state index contributed by atoms with van der Waals surface area (Å²) in [6.45, 7) is 2.25. The van der Waals surface area contributed by atoms with Crippen LogP contribution in [0, 0.1) is 0 Å². The highest BCUT2D eigenvalue weighted by Crippen LogP contribution is 2.25. The molecule has 2 heterocycles. The predicted octanol–water partition coefficient (Wildman–Crippen LogP) is 1.27. The maximum Gasteiger partial charge on any atom is 0.274 e. The van der Waals surface area contributed by atoms with Gasteiger partial charge in [0.05, 0.1) is 12.7 Å². The van der Waals surface area contributed by atoms with Crippen molar-refractivity contribution in [3.63, 3.8) is 0 Å². The molecule has 2 aromatic rings. The van der Waals surface area contributed by atoms with Gasteiger partial charge in [-0.3, -0.25) is 14.5 Å². The maximum atomic E-state index is 12.6. The van der Waals surface area contributed by atoms with Crippen LogP contribution in [-0.2, 0) is 6.54 Å². The first-order valence-electron chi connectivity index (χ1n) is 9.77. The number of aromatic nitrogens is 2. The molecule has 0 radical (unpaired) electrons. The fourth-order valence-corrected chi connectivity index (χ4v) is 3.77. The molecule has 0 spiro atoms. The van der Waals surface area contributed by atoms with E-state index in [1.165, 1.54) is 12.1 Å². The molecule has 0 saturated carbocycles. The lowest BCUT2D eigenvalue weighted by Gasteiger charge is -2.31. The van der Waals surface area contributed by atoms with E-state index in [0.717, 1.165) is 17.9 Å². The van der Waals surface area contributed by atoms with Crippen molar-refractivity contribution >= 4 is 5.91 Å². The van der Waals surface area contributed by atoms with Gasteiger partial charge in [-0.15, -0.1) is 0 Å². The van der Waals surface area contributed by atoms with Crippen LogP contribution in [0.3, 0.4) is 0 Å². The highest BCUT2D eigenvalue weighted by atomic mass is 16.5. The van der Waals surface area contributed by atoms with Gasteiger partial charge in [0, 0.05) is 32.2 Å². The molecule has 1 fully saturated rings. The van der Waals surface area contributed by atoms with Crippen molar-refractivity contribution < 1.29 is 14.6 Å². The molecule has 156 valence electrons. The van der Waals surface area contributed by atoms with Gasteiger partial charge in [0.15, 0.2) is 0 Å². The van der Waals surface area contributed by atoms with Crippen molar-refractivity contribution in [1.82, 2.24) is 20.0 Å². The summed E-state index contributed by atoms with van der Waals surface area (Å²) in [6, 6.07) is 10.6. The smallest absolute Gasteiger partial charge is 0.274 e. The number of hydrogen-bond acceptors (Lipinski definition) is 6. The molecule has 3 rings (SSSR count). The molecule has 1 aliphatic rings. The second kappa shape index (κ2) is 9.19. The number of amides is 1. The zero-order chi connectivity index (χ0) is 20.9. The van der Waals surface area contributed by atoms with E-state index >= 15 is 0 Å². The normalized spacial score (nSPS) is 19.8. The van der Waals surface area contributed by atoms with Crippen LogP contribution in [0.15, 0.2) is 41.2 Å². The molecule has 1 atom stereocenters. The number of carbonyl (C=O) groups excluding carboxylic acids is 1. The number of rotatable bonds is 6. The first kappa shape index (κ1) is 21.0. The van der Waals surface area contributed by atoms with Crippen LogP contribution in [0.1, 0.15) is 35.3 Å². The third-order valence-corrected chi connectivity index (χ3v) is 5.28. The van der Waals surface area contributed by atoms with Crippen molar-refractivity contribution in [3.8, 4) is 5.75 Å². The average molecular weight is 400 g/mol. The van der Waals surface area contributed by atoms with E-state index in [9.17, 15) is 14.7 Å². The summed E-state index contributed by atoms with van der Waals surface area (Å²) >= 11 is 0. The quantitative estimate of drug-likeness (QED) is 0.758. The van der Waals surface area contributed by atoms with Crippen molar-refractivity contribution in [2.45, 2.75) is 31.4 Å². The fraction of sp³-hybridized carbons (Fsp3) is 0.476. The summed E-state index contributed by atoms with van der Waals surface area (Å²) in [4.78, 5) is 27.6. The number of ether oxygens (including phenoxy) is 1. The van der Waals surface area contributed by atoms with Crippen molar-refractivity contribution in [2.75, 3.05) is 33.8 Å². The Balaban J connectivity index is 1.57. The maximum absolute atomic E-state index is 12.6. The van der Waals surface area contributed by atoms with Gasteiger partial charge in [0.1, 0.15) is 11.4 Å². The molecule has 1 aromatic heterocycles. The number of benzene rings is 1. The topological polar surface area (TPSA) is 98.8 Å². The lowest BCUT2D eigenvalue weighted by atomic mass is 9.94. The summed E-state index contributed by atoms with van der Waals surface area (Å²) in [6.07, 6.45) is 1.83. The third-order valence-electron chi connectivity index (χ3n) is 5.28. The molecule has 8 nitrogen and oxygen atoms in total. The standard InChI is InChI=1S/C21H28N4O4/c1-24(14-16-4-6-17(29-2)7-5-16)15-21(28)10-3-12-25(13-11-21)20(27)18-8-9-19(26)23-22-18/h4-9,28H,3,10-15H2,1-2H3,(H,23,26). The van der Waals surface area contributed by atoms with E-state index in [0.29, 0.717) is 38.9 Å². The summed E-state index contributed by atoms with van der Waals surface area (Å²) in [5.41, 5.74) is 0.166. The van der Waals surface area contributed by atoms with Crippen molar-refractivity contribution in [3.05, 3.63) is 58.0 Å². The number of nitrogens with one attached hydrogen (secondary N) is 1. The van der Waals surface area contributed by atoms with Crippen LogP contribution in [0.4, 0.5) is 0 Å². The Labute approximate surface area is 170 Å². The van der Waals surface area contributed by atoms with Crippen LogP contribution in [0.25, 0.3) is 0 Å². The Morgan fingerprint density at radius 3 is 2.66 bits per heavy atom. The van der Waals surface area contributed by atoms with Crippen LogP contribution >= 0.6 is 0 Å². The third kappa shape index (κ3) is 5.65. The summed E-state index contributed by atoms with van der Waals surface area (Å²) in [5.74, 6) is 0.595. The highest BCUT2D eigenvalue weighted by molar-refractivity contribution is 5.92. The van der Waals surface area contributed by atoms with Gasteiger partial charge in [-0.1, -0.05) is 12.1 Å². The first-order chi connectivity index (χ1) is 13.9. The first-order valence-corrected chi connectivity index (χ1v) is 9.77. The van der Waals surface area contributed by atoms with Gasteiger partial charge in [0.25, 0.3) is 11.5 Å². The molecular formula is C21H28N4O4. The monoisotopic (exact) mass is 400 g/mol. The highest BCUT2D eigenvalue weighted by Gasteiger charge is 2.33. The number of likely N-dealkylation sites (N-methyl/N-ethyl adjacent to an activating group) is 1. The molecule has 8 heteroatoms. The Morgan fingerprint density at radius 1 is 1.24 bits per heavy atom. The number of hydrogen-bond donors (Lipinski definition) is 2. The number of methoxy groups -OCH3 is 1. The minimum absolute atomic E-state index is 0.215. The molecule has 2 N–H and O–H groups in total. The van der Waals surface area contributed by atoms with Gasteiger partial charge in [-0.05, 0) is 50.1 Å².